The van der Waals surface area contributed by atoms with Gasteiger partial charge in [-0.1, -0.05) is 13.0 Å². The number of aryl methyl sites for hydroxylation is 1. The molecule has 1 aromatic rings. The Balaban J connectivity index is 3.30. The van der Waals surface area contributed by atoms with Gasteiger partial charge in [-0.25, -0.2) is 0 Å². The Labute approximate surface area is 99.2 Å². The van der Waals surface area contributed by atoms with Crippen LogP contribution in [-0.2, 0) is 10.2 Å². The first kappa shape index (κ1) is 13.2. The van der Waals surface area contributed by atoms with Crippen molar-refractivity contribution >= 4 is 11.7 Å². The smallest absolute Gasteiger partial charge is 0.313 e. The molecule has 0 radical (unpaired) electrons. The number of carboxylic acid groups (broad SMARTS) is 1. The number of carbonyl (C=O) groups is 1. The second-order valence-corrected chi connectivity index (χ2v) is 4.25. The normalized spacial score (nSPS) is 14.1. The number of nitro groups is 1. The lowest BCUT2D eigenvalue weighted by Gasteiger charge is -2.23. The molecular formula is C12H15NO4. The fourth-order valence-electron chi connectivity index (χ4n) is 1.68. The van der Waals surface area contributed by atoms with E-state index in [-0.39, 0.29) is 5.69 Å². The van der Waals surface area contributed by atoms with Crippen LogP contribution >= 0.6 is 0 Å². The topological polar surface area (TPSA) is 80.4 Å². The van der Waals surface area contributed by atoms with E-state index in [1.165, 1.54) is 12.1 Å². The molecule has 0 bridgehead atoms. The monoisotopic (exact) mass is 237 g/mol. The molecule has 5 heteroatoms. The Hall–Kier alpha value is -1.91. The first-order chi connectivity index (χ1) is 7.82. The van der Waals surface area contributed by atoms with Gasteiger partial charge >= 0.3 is 5.97 Å². The fourth-order valence-corrected chi connectivity index (χ4v) is 1.68. The average Bonchev–Trinajstić information content (AvgIpc) is 2.26. The van der Waals surface area contributed by atoms with Gasteiger partial charge in [-0.2, -0.15) is 0 Å². The second-order valence-electron chi connectivity index (χ2n) is 4.25. The van der Waals surface area contributed by atoms with Crippen molar-refractivity contribution in [1.29, 1.82) is 0 Å². The molecule has 0 heterocycles. The van der Waals surface area contributed by atoms with Gasteiger partial charge < -0.3 is 5.11 Å². The predicted octanol–water partition coefficient (Wildman–Crippen LogP) is 2.66. The lowest BCUT2D eigenvalue weighted by atomic mass is 9.79. The predicted molar refractivity (Wildman–Crippen MR) is 63.1 cm³/mol. The van der Waals surface area contributed by atoms with Gasteiger partial charge in [-0.05, 0) is 31.9 Å². The third-order valence-corrected chi connectivity index (χ3v) is 3.21. The van der Waals surface area contributed by atoms with Gasteiger partial charge in [0.25, 0.3) is 5.69 Å². The molecule has 0 aliphatic carbocycles. The molecule has 17 heavy (non-hydrogen) atoms. The highest BCUT2D eigenvalue weighted by Crippen LogP contribution is 2.31. The van der Waals surface area contributed by atoms with Crippen LogP contribution in [0.25, 0.3) is 0 Å². The SMILES string of the molecule is CCC(C)(C(=O)O)c1ccc([N+](=O)[O-])c(C)c1. The number of benzene rings is 1. The van der Waals surface area contributed by atoms with Crippen LogP contribution in [0.4, 0.5) is 5.69 Å². The van der Waals surface area contributed by atoms with Crippen LogP contribution in [-0.4, -0.2) is 16.0 Å². The zero-order valence-corrected chi connectivity index (χ0v) is 10.1. The summed E-state index contributed by atoms with van der Waals surface area (Å²) < 4.78 is 0. The second kappa shape index (κ2) is 4.53. The summed E-state index contributed by atoms with van der Waals surface area (Å²) in [6, 6.07) is 4.46. The maximum absolute atomic E-state index is 11.2. The lowest BCUT2D eigenvalue weighted by Crippen LogP contribution is -2.31. The van der Waals surface area contributed by atoms with E-state index in [2.05, 4.69) is 0 Å². The van der Waals surface area contributed by atoms with Crippen LogP contribution in [0, 0.1) is 17.0 Å². The Kier molecular flexibility index (Phi) is 3.50. The molecule has 1 aromatic carbocycles. The summed E-state index contributed by atoms with van der Waals surface area (Å²) in [5.41, 5.74) is 0.0847. The number of nitro benzene ring substituents is 1. The van der Waals surface area contributed by atoms with E-state index in [0.717, 1.165) is 0 Å². The minimum atomic E-state index is -1.00. The van der Waals surface area contributed by atoms with Crippen LogP contribution in [0.1, 0.15) is 31.4 Å². The van der Waals surface area contributed by atoms with Crippen molar-refractivity contribution < 1.29 is 14.8 Å². The molecule has 0 amide bonds. The van der Waals surface area contributed by atoms with Crippen molar-refractivity contribution in [2.75, 3.05) is 0 Å². The van der Waals surface area contributed by atoms with Gasteiger partial charge in [0.05, 0.1) is 10.3 Å². The summed E-state index contributed by atoms with van der Waals surface area (Å²) >= 11 is 0. The molecular weight excluding hydrogens is 222 g/mol. The standard InChI is InChI=1S/C12H15NO4/c1-4-12(3,11(14)15)9-5-6-10(13(16)17)8(2)7-9/h5-7H,4H2,1-3H3,(H,14,15). The summed E-state index contributed by atoms with van der Waals surface area (Å²) in [5, 5.41) is 19.9. The van der Waals surface area contributed by atoms with E-state index in [0.29, 0.717) is 17.5 Å². The number of hydrogen-bond acceptors (Lipinski definition) is 3. The molecule has 0 spiro atoms. The van der Waals surface area contributed by atoms with Gasteiger partial charge in [0.15, 0.2) is 0 Å². The van der Waals surface area contributed by atoms with E-state index in [1.54, 1.807) is 26.8 Å². The van der Waals surface area contributed by atoms with Gasteiger partial charge in [-0.3, -0.25) is 14.9 Å². The van der Waals surface area contributed by atoms with Gasteiger partial charge in [0, 0.05) is 11.6 Å². The van der Waals surface area contributed by atoms with Crippen LogP contribution in [0.3, 0.4) is 0 Å². The van der Waals surface area contributed by atoms with Crippen LogP contribution in [0.15, 0.2) is 18.2 Å². The van der Waals surface area contributed by atoms with Crippen molar-refractivity contribution in [2.24, 2.45) is 0 Å². The Morgan fingerprint density at radius 3 is 2.47 bits per heavy atom. The van der Waals surface area contributed by atoms with Crippen molar-refractivity contribution in [2.45, 2.75) is 32.6 Å². The van der Waals surface area contributed by atoms with Crippen LogP contribution < -0.4 is 0 Å². The molecule has 1 N–H and O–H groups in total. The molecule has 5 nitrogen and oxygen atoms in total. The maximum Gasteiger partial charge on any atom is 0.313 e. The number of nitrogens with zero attached hydrogens (tertiary/aromatic N) is 1. The molecule has 1 rings (SSSR count). The number of aliphatic carboxylic acids is 1. The summed E-state index contributed by atoms with van der Waals surface area (Å²) in [6.45, 7) is 5.01. The van der Waals surface area contributed by atoms with Crippen LogP contribution in [0.5, 0.6) is 0 Å². The molecule has 1 unspecified atom stereocenters. The van der Waals surface area contributed by atoms with E-state index in [4.69, 9.17) is 0 Å². The minimum absolute atomic E-state index is 0.0117. The molecule has 0 aliphatic rings. The van der Waals surface area contributed by atoms with Gasteiger partial charge in [-0.15, -0.1) is 0 Å². The highest BCUT2D eigenvalue weighted by Gasteiger charge is 2.33. The quantitative estimate of drug-likeness (QED) is 0.644. The third-order valence-electron chi connectivity index (χ3n) is 3.21. The molecule has 92 valence electrons. The first-order valence-corrected chi connectivity index (χ1v) is 5.32. The minimum Gasteiger partial charge on any atom is -0.481 e. The van der Waals surface area contributed by atoms with E-state index >= 15 is 0 Å². The third kappa shape index (κ3) is 2.27. The summed E-state index contributed by atoms with van der Waals surface area (Å²) in [6.07, 6.45) is 0.430. The fraction of sp³-hybridized carbons (Fsp3) is 0.417. The highest BCUT2D eigenvalue weighted by atomic mass is 16.6. The number of hydrogen-bond donors (Lipinski definition) is 1. The zero-order valence-electron chi connectivity index (χ0n) is 10.1. The average molecular weight is 237 g/mol. The Bertz CT molecular complexity index is 470. The number of rotatable bonds is 4. The maximum atomic E-state index is 11.2. The highest BCUT2D eigenvalue weighted by molar-refractivity contribution is 5.81. The number of carboxylic acids is 1. The summed E-state index contributed by atoms with van der Waals surface area (Å²) in [4.78, 5) is 21.5. The van der Waals surface area contributed by atoms with Gasteiger partial charge in [0.2, 0.25) is 0 Å². The molecule has 0 fully saturated rings. The molecule has 1 atom stereocenters. The van der Waals surface area contributed by atoms with Crippen LogP contribution in [0.2, 0.25) is 0 Å². The molecule has 0 saturated heterocycles. The lowest BCUT2D eigenvalue weighted by molar-refractivity contribution is -0.385. The Morgan fingerprint density at radius 2 is 2.12 bits per heavy atom. The van der Waals surface area contributed by atoms with Crippen molar-refractivity contribution in [1.82, 2.24) is 0 Å². The van der Waals surface area contributed by atoms with Crippen molar-refractivity contribution in [3.05, 3.63) is 39.4 Å². The van der Waals surface area contributed by atoms with E-state index in [9.17, 15) is 20.0 Å². The first-order valence-electron chi connectivity index (χ1n) is 5.32. The Morgan fingerprint density at radius 1 is 1.53 bits per heavy atom. The van der Waals surface area contributed by atoms with Crippen molar-refractivity contribution in [3.63, 3.8) is 0 Å². The van der Waals surface area contributed by atoms with E-state index in [1.807, 2.05) is 0 Å². The summed E-state index contributed by atoms with van der Waals surface area (Å²) in [7, 11) is 0. The summed E-state index contributed by atoms with van der Waals surface area (Å²) in [5.74, 6) is -0.923. The molecule has 0 aliphatic heterocycles. The molecule has 0 aromatic heterocycles. The van der Waals surface area contributed by atoms with Gasteiger partial charge in [0.1, 0.15) is 0 Å². The van der Waals surface area contributed by atoms with Crippen molar-refractivity contribution in [3.8, 4) is 0 Å². The zero-order chi connectivity index (χ0) is 13.2. The largest absolute Gasteiger partial charge is 0.481 e. The van der Waals surface area contributed by atoms with E-state index < -0.39 is 16.3 Å². The molecule has 0 saturated carbocycles.